The maximum Gasteiger partial charge on any atom is 0.310 e. The van der Waals surface area contributed by atoms with Crippen molar-refractivity contribution in [2.75, 3.05) is 11.5 Å². The van der Waals surface area contributed by atoms with Crippen LogP contribution in [0, 0.1) is 5.41 Å². The summed E-state index contributed by atoms with van der Waals surface area (Å²) in [7, 11) is -0.751. The predicted octanol–water partition coefficient (Wildman–Crippen LogP) is 1.29. The monoisotopic (exact) mass is 289 g/mol. The Morgan fingerprint density at radius 1 is 1.26 bits per heavy atom. The molecule has 1 rings (SSSR count). The molecule has 1 aliphatic rings. The number of carbonyl (C=O) groups excluding carboxylic acids is 1. The van der Waals surface area contributed by atoms with Crippen molar-refractivity contribution in [3.8, 4) is 0 Å². The Labute approximate surface area is 116 Å². The molecule has 0 aromatic carbocycles. The van der Waals surface area contributed by atoms with E-state index < -0.39 is 22.2 Å². The van der Waals surface area contributed by atoms with E-state index in [1.807, 2.05) is 0 Å². The van der Waals surface area contributed by atoms with Gasteiger partial charge in [0, 0.05) is 34.8 Å². The second-order valence-electron chi connectivity index (χ2n) is 5.16. The number of carboxylic acid groups (broad SMARTS) is 1. The molecule has 0 atom stereocenters. The van der Waals surface area contributed by atoms with Crippen LogP contribution >= 0.6 is 0 Å². The van der Waals surface area contributed by atoms with Crippen molar-refractivity contribution in [3.63, 3.8) is 0 Å². The van der Waals surface area contributed by atoms with E-state index in [9.17, 15) is 18.9 Å². The van der Waals surface area contributed by atoms with Gasteiger partial charge in [0.1, 0.15) is 0 Å². The molecule has 1 amide bonds. The van der Waals surface area contributed by atoms with Gasteiger partial charge in [-0.2, -0.15) is 0 Å². The Kier molecular flexibility index (Phi) is 5.97. The SMILES string of the molecule is CCC(CC)(CC(=O)NC1CCS(=O)CC1)C(=O)O. The summed E-state index contributed by atoms with van der Waals surface area (Å²) in [5.74, 6) is 0.133. The molecule has 0 aromatic rings. The molecule has 0 radical (unpaired) electrons. The highest BCUT2D eigenvalue weighted by Crippen LogP contribution is 2.31. The molecule has 6 heteroatoms. The van der Waals surface area contributed by atoms with E-state index in [4.69, 9.17) is 0 Å². The molecule has 0 aliphatic carbocycles. The molecular formula is C13H23NO4S. The van der Waals surface area contributed by atoms with E-state index in [2.05, 4.69) is 5.32 Å². The van der Waals surface area contributed by atoms with E-state index in [-0.39, 0.29) is 18.4 Å². The first-order chi connectivity index (χ1) is 8.93. The molecule has 2 N–H and O–H groups in total. The molecule has 0 saturated carbocycles. The Morgan fingerprint density at radius 2 is 1.79 bits per heavy atom. The van der Waals surface area contributed by atoms with Gasteiger partial charge in [-0.3, -0.25) is 13.8 Å². The normalized spacial score (nSPS) is 23.9. The Balaban J connectivity index is 2.54. The molecule has 0 spiro atoms. The fourth-order valence-electron chi connectivity index (χ4n) is 2.40. The van der Waals surface area contributed by atoms with Crippen LogP contribution in [0.2, 0.25) is 0 Å². The Morgan fingerprint density at radius 3 is 2.21 bits per heavy atom. The fourth-order valence-corrected chi connectivity index (χ4v) is 3.70. The fraction of sp³-hybridized carbons (Fsp3) is 0.846. The molecule has 1 heterocycles. The van der Waals surface area contributed by atoms with Gasteiger partial charge in [-0.1, -0.05) is 13.8 Å². The van der Waals surface area contributed by atoms with Crippen molar-refractivity contribution in [2.24, 2.45) is 5.41 Å². The number of hydrogen-bond donors (Lipinski definition) is 2. The lowest BCUT2D eigenvalue weighted by atomic mass is 9.79. The van der Waals surface area contributed by atoms with Crippen LogP contribution in [0.3, 0.4) is 0 Å². The first kappa shape index (κ1) is 16.1. The second kappa shape index (κ2) is 7.03. The van der Waals surface area contributed by atoms with Crippen LogP contribution in [0.1, 0.15) is 46.0 Å². The number of nitrogens with one attached hydrogen (secondary N) is 1. The molecule has 5 nitrogen and oxygen atoms in total. The third kappa shape index (κ3) is 4.30. The van der Waals surface area contributed by atoms with Gasteiger partial charge < -0.3 is 10.4 Å². The standard InChI is InChI=1S/C13H23NO4S/c1-3-13(4-2,12(16)17)9-11(15)14-10-5-7-19(18)8-6-10/h10H,3-9H2,1-2H3,(H,14,15)(H,16,17). The number of aliphatic carboxylic acids is 1. The maximum absolute atomic E-state index is 12.0. The average Bonchev–Trinajstić information content (AvgIpc) is 2.38. The van der Waals surface area contributed by atoms with Crippen molar-refractivity contribution in [1.29, 1.82) is 0 Å². The van der Waals surface area contributed by atoms with Gasteiger partial charge in [0.05, 0.1) is 5.41 Å². The van der Waals surface area contributed by atoms with Crippen LogP contribution in [-0.2, 0) is 20.4 Å². The van der Waals surface area contributed by atoms with Crippen LogP contribution in [0.4, 0.5) is 0 Å². The first-order valence-electron chi connectivity index (χ1n) is 6.81. The summed E-state index contributed by atoms with van der Waals surface area (Å²) in [5.41, 5.74) is -0.957. The highest BCUT2D eigenvalue weighted by atomic mass is 32.2. The zero-order valence-corrected chi connectivity index (χ0v) is 12.4. The van der Waals surface area contributed by atoms with Crippen molar-refractivity contribution >= 4 is 22.7 Å². The van der Waals surface area contributed by atoms with Gasteiger partial charge >= 0.3 is 5.97 Å². The summed E-state index contributed by atoms with van der Waals surface area (Å²) < 4.78 is 11.2. The van der Waals surface area contributed by atoms with Crippen LogP contribution in [0.15, 0.2) is 0 Å². The lowest BCUT2D eigenvalue weighted by Gasteiger charge is -2.28. The molecule has 0 unspecified atom stereocenters. The molecule has 0 bridgehead atoms. The largest absolute Gasteiger partial charge is 0.481 e. The van der Waals surface area contributed by atoms with Gasteiger partial charge in [0.25, 0.3) is 0 Å². The molecular weight excluding hydrogens is 266 g/mol. The maximum atomic E-state index is 12.0. The van der Waals surface area contributed by atoms with E-state index in [1.54, 1.807) is 13.8 Å². The van der Waals surface area contributed by atoms with Gasteiger partial charge in [0.2, 0.25) is 5.91 Å². The molecule has 19 heavy (non-hydrogen) atoms. The summed E-state index contributed by atoms with van der Waals surface area (Å²) >= 11 is 0. The molecule has 0 aromatic heterocycles. The third-order valence-corrected chi connectivity index (χ3v) is 5.44. The smallest absolute Gasteiger partial charge is 0.310 e. The summed E-state index contributed by atoms with van der Waals surface area (Å²) in [6.45, 7) is 3.60. The zero-order valence-electron chi connectivity index (χ0n) is 11.6. The second-order valence-corrected chi connectivity index (χ2v) is 6.86. The van der Waals surface area contributed by atoms with Gasteiger partial charge in [-0.15, -0.1) is 0 Å². The quantitative estimate of drug-likeness (QED) is 0.772. The molecule has 110 valence electrons. The van der Waals surface area contributed by atoms with E-state index in [1.165, 1.54) is 0 Å². The summed E-state index contributed by atoms with van der Waals surface area (Å²) in [4.78, 5) is 23.3. The number of rotatable bonds is 6. The molecule has 1 aliphatic heterocycles. The number of amides is 1. The van der Waals surface area contributed by atoms with Crippen molar-refractivity contribution in [1.82, 2.24) is 5.32 Å². The van der Waals surface area contributed by atoms with Crippen molar-refractivity contribution in [3.05, 3.63) is 0 Å². The van der Waals surface area contributed by atoms with E-state index >= 15 is 0 Å². The predicted molar refractivity (Wildman–Crippen MR) is 74.3 cm³/mol. The third-order valence-electron chi connectivity index (χ3n) is 4.06. The van der Waals surface area contributed by atoms with E-state index in [0.29, 0.717) is 24.3 Å². The van der Waals surface area contributed by atoms with Crippen molar-refractivity contribution < 1.29 is 18.9 Å². The summed E-state index contributed by atoms with van der Waals surface area (Å²) in [5, 5.41) is 12.2. The van der Waals surface area contributed by atoms with Crippen LogP contribution < -0.4 is 5.32 Å². The van der Waals surface area contributed by atoms with Gasteiger partial charge in [0.15, 0.2) is 0 Å². The van der Waals surface area contributed by atoms with Crippen LogP contribution in [0.5, 0.6) is 0 Å². The Bertz CT molecular complexity index is 356. The average molecular weight is 289 g/mol. The summed E-state index contributed by atoms with van der Waals surface area (Å²) in [6.07, 6.45) is 2.35. The zero-order chi connectivity index (χ0) is 14.5. The number of carboxylic acids is 1. The Hall–Kier alpha value is -0.910. The van der Waals surface area contributed by atoms with Crippen LogP contribution in [0.25, 0.3) is 0 Å². The minimum absolute atomic E-state index is 0.0227. The molecule has 1 fully saturated rings. The highest BCUT2D eigenvalue weighted by molar-refractivity contribution is 7.85. The van der Waals surface area contributed by atoms with E-state index in [0.717, 1.165) is 12.8 Å². The lowest BCUT2D eigenvalue weighted by molar-refractivity contribution is -0.152. The van der Waals surface area contributed by atoms with Crippen molar-refractivity contribution in [2.45, 2.75) is 52.0 Å². The topological polar surface area (TPSA) is 83.5 Å². The summed E-state index contributed by atoms with van der Waals surface area (Å²) in [6, 6.07) is 0.0467. The first-order valence-corrected chi connectivity index (χ1v) is 8.30. The van der Waals surface area contributed by atoms with Gasteiger partial charge in [-0.25, -0.2) is 0 Å². The lowest BCUT2D eigenvalue weighted by Crippen LogP contribution is -2.43. The minimum Gasteiger partial charge on any atom is -0.481 e. The highest BCUT2D eigenvalue weighted by Gasteiger charge is 2.37. The van der Waals surface area contributed by atoms with Gasteiger partial charge in [-0.05, 0) is 25.7 Å². The number of hydrogen-bond acceptors (Lipinski definition) is 3. The van der Waals surface area contributed by atoms with Crippen LogP contribution in [-0.4, -0.2) is 38.7 Å². The number of carbonyl (C=O) groups is 2. The molecule has 1 saturated heterocycles. The minimum atomic E-state index is -0.957.